The Morgan fingerprint density at radius 1 is 1.25 bits per heavy atom. The Kier molecular flexibility index (Phi) is 3.91. The van der Waals surface area contributed by atoms with E-state index in [0.29, 0.717) is 6.54 Å². The quantitative estimate of drug-likeness (QED) is 0.791. The summed E-state index contributed by atoms with van der Waals surface area (Å²) in [6.07, 6.45) is -2.71. The van der Waals surface area contributed by atoms with Gasteiger partial charge in [0, 0.05) is 0 Å². The first-order valence-electron chi connectivity index (χ1n) is 4.90. The number of rotatable bonds is 4. The molecular formula is C11H13F4N. The maximum atomic E-state index is 13.0. The fourth-order valence-electron chi connectivity index (χ4n) is 1.49. The van der Waals surface area contributed by atoms with Crippen molar-refractivity contribution in [2.75, 3.05) is 6.54 Å². The zero-order chi connectivity index (χ0) is 12.3. The average Bonchev–Trinajstić information content (AvgIpc) is 2.22. The second kappa shape index (κ2) is 4.82. The summed E-state index contributed by atoms with van der Waals surface area (Å²) in [5.41, 5.74) is -1.63. The fraction of sp³-hybridized carbons (Fsp3) is 0.455. The summed E-state index contributed by atoms with van der Waals surface area (Å²) in [7, 11) is 0. The summed E-state index contributed by atoms with van der Waals surface area (Å²) < 4.78 is 51.5. The first-order valence-corrected chi connectivity index (χ1v) is 4.90. The highest BCUT2D eigenvalue weighted by Crippen LogP contribution is 2.28. The molecule has 90 valence electrons. The van der Waals surface area contributed by atoms with Gasteiger partial charge in [0.15, 0.2) is 11.6 Å². The standard InChI is InChI=1S/C11H13F4N/c1-3-16-11(2,10(14)15)7-4-5-8(12)9(13)6-7/h4-6,10,16H,3H2,1-2H3. The molecular weight excluding hydrogens is 222 g/mol. The molecule has 1 atom stereocenters. The molecule has 0 saturated carbocycles. The Bertz CT molecular complexity index is 367. The molecule has 0 saturated heterocycles. The second-order valence-electron chi connectivity index (χ2n) is 3.66. The van der Waals surface area contributed by atoms with E-state index in [0.717, 1.165) is 18.2 Å². The predicted molar refractivity (Wildman–Crippen MR) is 53.4 cm³/mol. The summed E-state index contributed by atoms with van der Waals surface area (Å²) in [5, 5.41) is 2.58. The molecule has 0 amide bonds. The van der Waals surface area contributed by atoms with Gasteiger partial charge in [-0.2, -0.15) is 0 Å². The van der Waals surface area contributed by atoms with Crippen LogP contribution in [0.3, 0.4) is 0 Å². The average molecular weight is 235 g/mol. The van der Waals surface area contributed by atoms with Crippen molar-refractivity contribution in [3.63, 3.8) is 0 Å². The summed E-state index contributed by atoms with van der Waals surface area (Å²) in [6.45, 7) is 3.23. The zero-order valence-corrected chi connectivity index (χ0v) is 9.03. The van der Waals surface area contributed by atoms with E-state index in [-0.39, 0.29) is 5.56 Å². The minimum Gasteiger partial charge on any atom is -0.303 e. The lowest BCUT2D eigenvalue weighted by molar-refractivity contribution is 0.0392. The molecule has 1 unspecified atom stereocenters. The van der Waals surface area contributed by atoms with Crippen molar-refractivity contribution in [2.45, 2.75) is 25.8 Å². The number of benzene rings is 1. The molecule has 0 aromatic heterocycles. The Labute approximate surface area is 91.5 Å². The number of hydrogen-bond donors (Lipinski definition) is 1. The lowest BCUT2D eigenvalue weighted by atomic mass is 9.92. The van der Waals surface area contributed by atoms with Crippen LogP contribution in [0, 0.1) is 11.6 Å². The van der Waals surface area contributed by atoms with Gasteiger partial charge in [0.05, 0.1) is 0 Å². The van der Waals surface area contributed by atoms with E-state index < -0.39 is 23.6 Å². The van der Waals surface area contributed by atoms with Crippen LogP contribution in [0.15, 0.2) is 18.2 Å². The molecule has 0 heterocycles. The van der Waals surface area contributed by atoms with Crippen molar-refractivity contribution < 1.29 is 17.6 Å². The van der Waals surface area contributed by atoms with Crippen molar-refractivity contribution in [1.29, 1.82) is 0 Å². The van der Waals surface area contributed by atoms with Gasteiger partial charge in [-0.05, 0) is 31.2 Å². The highest BCUT2D eigenvalue weighted by molar-refractivity contribution is 5.26. The molecule has 5 heteroatoms. The van der Waals surface area contributed by atoms with Crippen LogP contribution in [-0.2, 0) is 5.54 Å². The van der Waals surface area contributed by atoms with Gasteiger partial charge in [-0.1, -0.05) is 13.0 Å². The highest BCUT2D eigenvalue weighted by atomic mass is 19.3. The Hall–Kier alpha value is -1.10. The van der Waals surface area contributed by atoms with Gasteiger partial charge in [0.25, 0.3) is 6.43 Å². The van der Waals surface area contributed by atoms with E-state index in [1.54, 1.807) is 6.92 Å². The van der Waals surface area contributed by atoms with E-state index in [4.69, 9.17) is 0 Å². The third kappa shape index (κ3) is 2.35. The maximum Gasteiger partial charge on any atom is 0.260 e. The van der Waals surface area contributed by atoms with Gasteiger partial charge in [0.2, 0.25) is 0 Å². The Morgan fingerprint density at radius 3 is 2.31 bits per heavy atom. The van der Waals surface area contributed by atoms with Crippen LogP contribution >= 0.6 is 0 Å². The van der Waals surface area contributed by atoms with Gasteiger partial charge >= 0.3 is 0 Å². The Balaban J connectivity index is 3.16. The van der Waals surface area contributed by atoms with E-state index in [1.165, 1.54) is 6.92 Å². The Morgan fingerprint density at radius 2 is 1.88 bits per heavy atom. The van der Waals surface area contributed by atoms with E-state index in [9.17, 15) is 17.6 Å². The van der Waals surface area contributed by atoms with Crippen LogP contribution in [0.1, 0.15) is 19.4 Å². The van der Waals surface area contributed by atoms with Gasteiger partial charge in [-0.25, -0.2) is 17.6 Å². The van der Waals surface area contributed by atoms with Crippen molar-refractivity contribution in [1.82, 2.24) is 5.32 Å². The largest absolute Gasteiger partial charge is 0.303 e. The van der Waals surface area contributed by atoms with Crippen LogP contribution in [-0.4, -0.2) is 13.0 Å². The van der Waals surface area contributed by atoms with Gasteiger partial charge < -0.3 is 5.32 Å². The molecule has 1 N–H and O–H groups in total. The highest BCUT2D eigenvalue weighted by Gasteiger charge is 2.36. The molecule has 0 spiro atoms. The topological polar surface area (TPSA) is 12.0 Å². The van der Waals surface area contributed by atoms with Gasteiger partial charge in [0.1, 0.15) is 5.54 Å². The molecule has 1 rings (SSSR count). The van der Waals surface area contributed by atoms with Gasteiger partial charge in [-0.15, -0.1) is 0 Å². The number of alkyl halides is 2. The third-order valence-electron chi connectivity index (χ3n) is 2.50. The predicted octanol–water partition coefficient (Wildman–Crippen LogP) is 3.05. The van der Waals surface area contributed by atoms with Crippen molar-refractivity contribution in [3.05, 3.63) is 35.4 Å². The van der Waals surface area contributed by atoms with Crippen molar-refractivity contribution >= 4 is 0 Å². The minimum absolute atomic E-state index is 0.0308. The number of hydrogen-bond acceptors (Lipinski definition) is 1. The van der Waals surface area contributed by atoms with Crippen LogP contribution in [0.5, 0.6) is 0 Å². The normalized spacial score (nSPS) is 15.2. The summed E-state index contributed by atoms with van der Waals surface area (Å²) >= 11 is 0. The monoisotopic (exact) mass is 235 g/mol. The van der Waals surface area contributed by atoms with Gasteiger partial charge in [-0.3, -0.25) is 0 Å². The molecule has 1 nitrogen and oxygen atoms in total. The third-order valence-corrected chi connectivity index (χ3v) is 2.50. The molecule has 0 radical (unpaired) electrons. The molecule has 0 aliphatic heterocycles. The fourth-order valence-corrected chi connectivity index (χ4v) is 1.49. The molecule has 0 fully saturated rings. The lowest BCUT2D eigenvalue weighted by Crippen LogP contribution is -2.45. The van der Waals surface area contributed by atoms with Crippen molar-refractivity contribution in [3.8, 4) is 0 Å². The van der Waals surface area contributed by atoms with Crippen LogP contribution in [0.4, 0.5) is 17.6 Å². The van der Waals surface area contributed by atoms with Crippen molar-refractivity contribution in [2.24, 2.45) is 0 Å². The maximum absolute atomic E-state index is 13.0. The molecule has 16 heavy (non-hydrogen) atoms. The number of nitrogens with one attached hydrogen (secondary N) is 1. The minimum atomic E-state index is -2.71. The first-order chi connectivity index (χ1) is 7.41. The molecule has 0 aliphatic carbocycles. The lowest BCUT2D eigenvalue weighted by Gasteiger charge is -2.30. The van der Waals surface area contributed by atoms with E-state index in [2.05, 4.69) is 5.32 Å². The van der Waals surface area contributed by atoms with Crippen LogP contribution in [0.2, 0.25) is 0 Å². The summed E-state index contributed by atoms with van der Waals surface area (Å²) in [4.78, 5) is 0. The second-order valence-corrected chi connectivity index (χ2v) is 3.66. The molecule has 1 aromatic rings. The molecule has 0 aliphatic rings. The number of halogens is 4. The first kappa shape index (κ1) is 13.0. The van der Waals surface area contributed by atoms with Crippen LogP contribution < -0.4 is 5.32 Å². The van der Waals surface area contributed by atoms with E-state index in [1.807, 2.05) is 0 Å². The summed E-state index contributed by atoms with van der Waals surface area (Å²) in [5.74, 6) is -2.17. The summed E-state index contributed by atoms with van der Waals surface area (Å²) in [6, 6.07) is 2.81. The van der Waals surface area contributed by atoms with Crippen LogP contribution in [0.25, 0.3) is 0 Å². The smallest absolute Gasteiger partial charge is 0.260 e. The zero-order valence-electron chi connectivity index (χ0n) is 9.03. The molecule has 1 aromatic carbocycles. The van der Waals surface area contributed by atoms with E-state index >= 15 is 0 Å². The SMILES string of the molecule is CCNC(C)(c1ccc(F)c(F)c1)C(F)F. The molecule has 0 bridgehead atoms.